The van der Waals surface area contributed by atoms with Gasteiger partial charge in [0.25, 0.3) is 0 Å². The zero-order chi connectivity index (χ0) is 11.6. The Morgan fingerprint density at radius 3 is 2.62 bits per heavy atom. The highest BCUT2D eigenvalue weighted by molar-refractivity contribution is 5.48. The van der Waals surface area contributed by atoms with Gasteiger partial charge in [-0.1, -0.05) is 25.0 Å². The summed E-state index contributed by atoms with van der Waals surface area (Å²) in [6.45, 7) is 8.10. The molecule has 1 aliphatic carbocycles. The number of aryl methyl sites for hydroxylation is 2. The van der Waals surface area contributed by atoms with E-state index in [9.17, 15) is 0 Å². The van der Waals surface area contributed by atoms with E-state index < -0.39 is 0 Å². The second-order valence-corrected chi connectivity index (χ2v) is 4.81. The highest BCUT2D eigenvalue weighted by Gasteiger charge is 2.31. The molecule has 1 heterocycles. The number of hydrogen-bond donors (Lipinski definition) is 1. The Kier molecular flexibility index (Phi) is 2.99. The van der Waals surface area contributed by atoms with Crippen LogP contribution in [0.15, 0.2) is 24.8 Å². The molecule has 2 heteroatoms. The fourth-order valence-corrected chi connectivity index (χ4v) is 2.37. The lowest BCUT2D eigenvalue weighted by molar-refractivity contribution is 0.596. The smallest absolute Gasteiger partial charge is 0.129 e. The summed E-state index contributed by atoms with van der Waals surface area (Å²) in [5, 5.41) is 3.58. The monoisotopic (exact) mass is 216 g/mol. The zero-order valence-corrected chi connectivity index (χ0v) is 10.2. The molecule has 1 aromatic rings. The van der Waals surface area contributed by atoms with E-state index in [4.69, 9.17) is 0 Å². The molecule has 0 radical (unpaired) electrons. The van der Waals surface area contributed by atoms with E-state index in [-0.39, 0.29) is 5.54 Å². The van der Waals surface area contributed by atoms with Crippen LogP contribution in [0.25, 0.3) is 0 Å². The molecule has 0 amide bonds. The minimum absolute atomic E-state index is 0.0750. The van der Waals surface area contributed by atoms with Crippen LogP contribution in [0.4, 0.5) is 5.82 Å². The van der Waals surface area contributed by atoms with Crippen molar-refractivity contribution in [3.8, 4) is 0 Å². The molecule has 0 unspecified atom stereocenters. The fraction of sp³-hybridized carbons (Fsp3) is 0.500. The van der Waals surface area contributed by atoms with Crippen molar-refractivity contribution in [2.75, 3.05) is 5.32 Å². The van der Waals surface area contributed by atoms with E-state index in [1.54, 1.807) is 0 Å². The van der Waals surface area contributed by atoms with Crippen LogP contribution in [-0.4, -0.2) is 10.5 Å². The van der Waals surface area contributed by atoms with Crippen molar-refractivity contribution in [1.82, 2.24) is 4.98 Å². The predicted molar refractivity (Wildman–Crippen MR) is 68.7 cm³/mol. The molecule has 2 rings (SSSR count). The molecule has 1 N–H and O–H groups in total. The first-order valence-electron chi connectivity index (χ1n) is 6.01. The number of pyridine rings is 1. The summed E-state index contributed by atoms with van der Waals surface area (Å²) in [7, 11) is 0. The van der Waals surface area contributed by atoms with Gasteiger partial charge in [-0.05, 0) is 38.3 Å². The number of nitrogens with one attached hydrogen (secondary N) is 1. The van der Waals surface area contributed by atoms with Crippen molar-refractivity contribution in [2.45, 2.75) is 45.1 Å². The molecular formula is C14H20N2. The van der Waals surface area contributed by atoms with E-state index in [1.165, 1.54) is 31.2 Å². The van der Waals surface area contributed by atoms with Crippen molar-refractivity contribution in [2.24, 2.45) is 0 Å². The average molecular weight is 216 g/mol. The topological polar surface area (TPSA) is 24.9 Å². The molecule has 1 fully saturated rings. The van der Waals surface area contributed by atoms with Crippen LogP contribution in [0.1, 0.15) is 36.9 Å². The van der Waals surface area contributed by atoms with Gasteiger partial charge in [0.1, 0.15) is 5.82 Å². The molecule has 0 saturated heterocycles. The third-order valence-electron chi connectivity index (χ3n) is 3.49. The zero-order valence-electron chi connectivity index (χ0n) is 10.2. The molecule has 1 saturated carbocycles. The lowest BCUT2D eigenvalue weighted by atomic mass is 9.97. The lowest BCUT2D eigenvalue weighted by Gasteiger charge is -2.28. The molecule has 0 aromatic carbocycles. The summed E-state index contributed by atoms with van der Waals surface area (Å²) in [4.78, 5) is 4.57. The molecule has 16 heavy (non-hydrogen) atoms. The number of nitrogens with zero attached hydrogens (tertiary/aromatic N) is 1. The maximum absolute atomic E-state index is 4.57. The van der Waals surface area contributed by atoms with E-state index in [0.717, 1.165) is 11.5 Å². The maximum Gasteiger partial charge on any atom is 0.129 e. The summed E-state index contributed by atoms with van der Waals surface area (Å²) >= 11 is 0. The second-order valence-electron chi connectivity index (χ2n) is 4.81. The highest BCUT2D eigenvalue weighted by Crippen LogP contribution is 2.34. The van der Waals surface area contributed by atoms with Gasteiger partial charge < -0.3 is 5.32 Å². The van der Waals surface area contributed by atoms with Crippen molar-refractivity contribution in [1.29, 1.82) is 0 Å². The van der Waals surface area contributed by atoms with Gasteiger partial charge in [0.2, 0.25) is 0 Å². The molecular weight excluding hydrogens is 196 g/mol. The van der Waals surface area contributed by atoms with E-state index in [2.05, 4.69) is 42.0 Å². The van der Waals surface area contributed by atoms with E-state index in [1.807, 2.05) is 6.92 Å². The number of anilines is 1. The van der Waals surface area contributed by atoms with Gasteiger partial charge in [-0.3, -0.25) is 0 Å². The van der Waals surface area contributed by atoms with Gasteiger partial charge in [-0.15, -0.1) is 6.58 Å². The first-order chi connectivity index (χ1) is 7.65. The summed E-state index contributed by atoms with van der Waals surface area (Å²) < 4.78 is 0. The van der Waals surface area contributed by atoms with Crippen LogP contribution in [0, 0.1) is 13.8 Å². The normalized spacial score (nSPS) is 18.4. The second kappa shape index (κ2) is 4.28. The van der Waals surface area contributed by atoms with Crippen molar-refractivity contribution in [3.63, 3.8) is 0 Å². The molecule has 1 aliphatic rings. The third kappa shape index (κ3) is 2.11. The van der Waals surface area contributed by atoms with E-state index >= 15 is 0 Å². The van der Waals surface area contributed by atoms with E-state index in [0.29, 0.717) is 0 Å². The van der Waals surface area contributed by atoms with Crippen molar-refractivity contribution in [3.05, 3.63) is 36.0 Å². The summed E-state index contributed by atoms with van der Waals surface area (Å²) in [5.41, 5.74) is 2.34. The molecule has 1 aromatic heterocycles. The SMILES string of the molecule is C=CC1(Nc2nc(C)ccc2C)CCCC1. The molecule has 0 spiro atoms. The average Bonchev–Trinajstić information content (AvgIpc) is 2.73. The fourth-order valence-electron chi connectivity index (χ4n) is 2.37. The lowest BCUT2D eigenvalue weighted by Crippen LogP contribution is -2.33. The Balaban J connectivity index is 2.25. The van der Waals surface area contributed by atoms with Crippen LogP contribution in [-0.2, 0) is 0 Å². The third-order valence-corrected chi connectivity index (χ3v) is 3.49. The van der Waals surface area contributed by atoms with Gasteiger partial charge in [-0.25, -0.2) is 4.98 Å². The Morgan fingerprint density at radius 2 is 2.00 bits per heavy atom. The van der Waals surface area contributed by atoms with Crippen LogP contribution >= 0.6 is 0 Å². The van der Waals surface area contributed by atoms with Gasteiger partial charge in [-0.2, -0.15) is 0 Å². The molecule has 0 atom stereocenters. The van der Waals surface area contributed by atoms with Crippen LogP contribution in [0.3, 0.4) is 0 Å². The molecule has 86 valence electrons. The van der Waals surface area contributed by atoms with Gasteiger partial charge in [0, 0.05) is 5.69 Å². The highest BCUT2D eigenvalue weighted by atomic mass is 15.1. The minimum atomic E-state index is 0.0750. The molecule has 0 bridgehead atoms. The van der Waals surface area contributed by atoms with Crippen LogP contribution in [0.5, 0.6) is 0 Å². The predicted octanol–water partition coefficient (Wildman–Crippen LogP) is 3.61. The molecule has 2 nitrogen and oxygen atoms in total. The largest absolute Gasteiger partial charge is 0.361 e. The number of aromatic nitrogens is 1. The Morgan fingerprint density at radius 1 is 1.31 bits per heavy atom. The number of rotatable bonds is 3. The van der Waals surface area contributed by atoms with Gasteiger partial charge in [0.05, 0.1) is 5.54 Å². The quantitative estimate of drug-likeness (QED) is 0.781. The van der Waals surface area contributed by atoms with Crippen molar-refractivity contribution < 1.29 is 0 Å². The van der Waals surface area contributed by atoms with Gasteiger partial charge >= 0.3 is 0 Å². The van der Waals surface area contributed by atoms with Gasteiger partial charge in [0.15, 0.2) is 0 Å². The standard InChI is InChI=1S/C14H20N2/c1-4-14(9-5-6-10-14)16-13-11(2)7-8-12(3)15-13/h4,7-8H,1,5-6,9-10H2,2-3H3,(H,15,16). The Hall–Kier alpha value is -1.31. The first kappa shape index (κ1) is 11.2. The minimum Gasteiger partial charge on any atom is -0.361 e. The van der Waals surface area contributed by atoms with Crippen molar-refractivity contribution >= 4 is 5.82 Å². The van der Waals surface area contributed by atoms with Crippen LogP contribution < -0.4 is 5.32 Å². The Labute approximate surface area is 97.8 Å². The molecule has 0 aliphatic heterocycles. The first-order valence-corrected chi connectivity index (χ1v) is 6.01. The maximum atomic E-state index is 4.57. The summed E-state index contributed by atoms with van der Waals surface area (Å²) in [5.74, 6) is 1.02. The Bertz CT molecular complexity index is 390. The summed E-state index contributed by atoms with van der Waals surface area (Å²) in [6.07, 6.45) is 6.97. The summed E-state index contributed by atoms with van der Waals surface area (Å²) in [6, 6.07) is 4.17. The number of hydrogen-bond acceptors (Lipinski definition) is 2. The van der Waals surface area contributed by atoms with Crippen LogP contribution in [0.2, 0.25) is 0 Å².